The van der Waals surface area contributed by atoms with Crippen LogP contribution >= 0.6 is 0 Å². The van der Waals surface area contributed by atoms with Gasteiger partial charge in [-0.25, -0.2) is 23.2 Å². The lowest BCUT2D eigenvalue weighted by molar-refractivity contribution is -0.0371. The molecule has 0 aliphatic carbocycles. The van der Waals surface area contributed by atoms with Gasteiger partial charge in [-0.2, -0.15) is 0 Å². The number of ether oxygens (including phenoxy) is 3. The SMILES string of the molecule is CC(C)(C)OC(=O)N1CCO[C@H](CNc2nc(-c3ccc(OCCS(C)(=O)=O)cc3)cc3nccnc23)C1. The van der Waals surface area contributed by atoms with Crippen LogP contribution in [0.4, 0.5) is 10.6 Å². The van der Waals surface area contributed by atoms with Crippen LogP contribution in [-0.2, 0) is 19.3 Å². The highest BCUT2D eigenvalue weighted by molar-refractivity contribution is 7.90. The maximum Gasteiger partial charge on any atom is 0.410 e. The number of aromatic nitrogens is 3. The fourth-order valence-corrected chi connectivity index (χ4v) is 4.21. The van der Waals surface area contributed by atoms with E-state index in [0.29, 0.717) is 54.5 Å². The molecule has 1 amide bonds. The first kappa shape index (κ1) is 27.5. The molecule has 1 fully saturated rings. The van der Waals surface area contributed by atoms with Gasteiger partial charge in [0.15, 0.2) is 15.7 Å². The third-order valence-electron chi connectivity index (χ3n) is 5.62. The Morgan fingerprint density at radius 2 is 1.92 bits per heavy atom. The molecule has 3 heterocycles. The Kier molecular flexibility index (Phi) is 8.32. The summed E-state index contributed by atoms with van der Waals surface area (Å²) in [5.74, 6) is 1.08. The molecule has 1 atom stereocenters. The highest BCUT2D eigenvalue weighted by atomic mass is 32.2. The molecular weight excluding hydrogens is 510 g/mol. The van der Waals surface area contributed by atoms with Crippen molar-refractivity contribution in [1.29, 1.82) is 0 Å². The van der Waals surface area contributed by atoms with Gasteiger partial charge in [0.1, 0.15) is 23.5 Å². The van der Waals surface area contributed by atoms with Gasteiger partial charge in [-0.3, -0.25) is 4.98 Å². The minimum Gasteiger partial charge on any atom is -0.493 e. The summed E-state index contributed by atoms with van der Waals surface area (Å²) in [6, 6.07) is 9.11. The molecule has 11 nitrogen and oxygen atoms in total. The molecule has 1 aromatic carbocycles. The summed E-state index contributed by atoms with van der Waals surface area (Å²) < 4.78 is 39.5. The summed E-state index contributed by atoms with van der Waals surface area (Å²) in [5.41, 5.74) is 2.25. The van der Waals surface area contributed by atoms with Gasteiger partial charge in [0.25, 0.3) is 0 Å². The normalized spacial score (nSPS) is 16.3. The summed E-state index contributed by atoms with van der Waals surface area (Å²) >= 11 is 0. The van der Waals surface area contributed by atoms with Crippen molar-refractivity contribution in [2.24, 2.45) is 0 Å². The number of hydrogen-bond donors (Lipinski definition) is 1. The number of hydrogen-bond acceptors (Lipinski definition) is 10. The molecule has 0 unspecified atom stereocenters. The molecule has 0 radical (unpaired) electrons. The van der Waals surface area contributed by atoms with Crippen LogP contribution in [0.15, 0.2) is 42.7 Å². The van der Waals surface area contributed by atoms with Crippen LogP contribution in [0, 0.1) is 0 Å². The Bertz CT molecular complexity index is 1380. The van der Waals surface area contributed by atoms with Gasteiger partial charge in [-0.15, -0.1) is 0 Å². The summed E-state index contributed by atoms with van der Waals surface area (Å²) in [4.78, 5) is 27.8. The zero-order valence-electron chi connectivity index (χ0n) is 22.0. The van der Waals surface area contributed by atoms with Crippen LogP contribution in [-0.4, -0.2) is 90.9 Å². The van der Waals surface area contributed by atoms with Crippen molar-refractivity contribution >= 4 is 32.8 Å². The van der Waals surface area contributed by atoms with Gasteiger partial charge >= 0.3 is 6.09 Å². The second-order valence-corrected chi connectivity index (χ2v) is 12.3. The molecule has 0 spiro atoms. The molecule has 3 aromatic rings. The van der Waals surface area contributed by atoms with E-state index in [1.165, 1.54) is 6.26 Å². The second-order valence-electron chi connectivity index (χ2n) is 10.1. The molecular formula is C26H33N5O6S. The van der Waals surface area contributed by atoms with Crippen molar-refractivity contribution in [2.75, 3.05) is 50.2 Å². The third-order valence-corrected chi connectivity index (χ3v) is 6.53. The summed E-state index contributed by atoms with van der Waals surface area (Å²) in [6.45, 7) is 7.31. The Balaban J connectivity index is 1.47. The van der Waals surface area contributed by atoms with Gasteiger partial charge in [0.2, 0.25) is 0 Å². The topological polar surface area (TPSA) is 133 Å². The smallest absolute Gasteiger partial charge is 0.410 e. The summed E-state index contributed by atoms with van der Waals surface area (Å²) in [7, 11) is -3.09. The van der Waals surface area contributed by atoms with Crippen molar-refractivity contribution in [3.05, 3.63) is 42.7 Å². The van der Waals surface area contributed by atoms with E-state index in [1.54, 1.807) is 29.4 Å². The van der Waals surface area contributed by atoms with Gasteiger partial charge in [-0.1, -0.05) is 0 Å². The van der Waals surface area contributed by atoms with Gasteiger partial charge < -0.3 is 24.4 Å². The lowest BCUT2D eigenvalue weighted by atomic mass is 10.1. The standard InChI is InChI=1S/C26H33N5O6S/c1-26(2,3)37-25(32)31-11-12-35-20(17-31)16-29-24-23-22(27-9-10-28-23)15-21(30-24)18-5-7-19(8-6-18)36-13-14-38(4,33)34/h5-10,15,20H,11-14,16-17H2,1-4H3,(H,29,30)/t20-/m1/s1. The maximum atomic E-state index is 12.5. The largest absolute Gasteiger partial charge is 0.493 e. The first-order valence-corrected chi connectivity index (χ1v) is 14.4. The van der Waals surface area contributed by atoms with E-state index in [1.807, 2.05) is 39.0 Å². The number of nitrogens with zero attached hydrogens (tertiary/aromatic N) is 4. The molecule has 2 aromatic heterocycles. The number of amides is 1. The monoisotopic (exact) mass is 543 g/mol. The fraction of sp³-hybridized carbons (Fsp3) is 0.462. The van der Waals surface area contributed by atoms with E-state index >= 15 is 0 Å². The van der Waals surface area contributed by atoms with E-state index in [-0.39, 0.29) is 24.6 Å². The molecule has 0 bridgehead atoms. The van der Waals surface area contributed by atoms with E-state index in [9.17, 15) is 13.2 Å². The van der Waals surface area contributed by atoms with Crippen molar-refractivity contribution in [3.63, 3.8) is 0 Å². The number of fused-ring (bicyclic) bond motifs is 1. The fourth-order valence-electron chi connectivity index (χ4n) is 3.82. The summed E-state index contributed by atoms with van der Waals surface area (Å²) in [6.07, 6.45) is 3.80. The van der Waals surface area contributed by atoms with Crippen LogP contribution in [0.2, 0.25) is 0 Å². The van der Waals surface area contributed by atoms with E-state index in [0.717, 1.165) is 5.56 Å². The zero-order valence-corrected chi connectivity index (χ0v) is 22.8. The highest BCUT2D eigenvalue weighted by Gasteiger charge is 2.28. The number of nitrogens with one attached hydrogen (secondary N) is 1. The van der Waals surface area contributed by atoms with Crippen LogP contribution in [0.25, 0.3) is 22.3 Å². The molecule has 1 N–H and O–H groups in total. The molecule has 0 saturated carbocycles. The number of morpholine rings is 1. The van der Waals surface area contributed by atoms with Crippen molar-refractivity contribution < 1.29 is 27.4 Å². The Morgan fingerprint density at radius 3 is 2.63 bits per heavy atom. The van der Waals surface area contributed by atoms with Crippen molar-refractivity contribution in [2.45, 2.75) is 32.5 Å². The first-order valence-electron chi connectivity index (χ1n) is 12.3. The number of benzene rings is 1. The molecule has 1 aliphatic heterocycles. The number of pyridine rings is 1. The maximum absolute atomic E-state index is 12.5. The van der Waals surface area contributed by atoms with Crippen molar-refractivity contribution in [1.82, 2.24) is 19.9 Å². The minimum absolute atomic E-state index is 0.0467. The number of anilines is 1. The third kappa shape index (κ3) is 7.75. The van der Waals surface area contributed by atoms with Crippen molar-refractivity contribution in [3.8, 4) is 17.0 Å². The van der Waals surface area contributed by atoms with Gasteiger partial charge in [0, 0.05) is 37.3 Å². The van der Waals surface area contributed by atoms with E-state index in [2.05, 4.69) is 15.3 Å². The molecule has 38 heavy (non-hydrogen) atoms. The molecule has 4 rings (SSSR count). The molecule has 204 valence electrons. The lowest BCUT2D eigenvalue weighted by Crippen LogP contribution is -2.49. The quantitative estimate of drug-likeness (QED) is 0.452. The Labute approximate surface area is 222 Å². The predicted molar refractivity (Wildman–Crippen MR) is 144 cm³/mol. The van der Waals surface area contributed by atoms with E-state index in [4.69, 9.17) is 19.2 Å². The summed E-state index contributed by atoms with van der Waals surface area (Å²) in [5, 5.41) is 3.33. The predicted octanol–water partition coefficient (Wildman–Crippen LogP) is 3.16. The first-order chi connectivity index (χ1) is 18.0. The highest BCUT2D eigenvalue weighted by Crippen LogP contribution is 2.27. The van der Waals surface area contributed by atoms with Gasteiger partial charge in [-0.05, 0) is 51.1 Å². The number of sulfone groups is 1. The average Bonchev–Trinajstić information content (AvgIpc) is 2.86. The van der Waals surface area contributed by atoms with Crippen LogP contribution in [0.1, 0.15) is 20.8 Å². The van der Waals surface area contributed by atoms with Crippen LogP contribution in [0.3, 0.4) is 0 Å². The van der Waals surface area contributed by atoms with E-state index < -0.39 is 15.4 Å². The number of carbonyl (C=O) groups is 1. The molecule has 12 heteroatoms. The minimum atomic E-state index is -3.09. The average molecular weight is 544 g/mol. The van der Waals surface area contributed by atoms with Gasteiger partial charge in [0.05, 0.1) is 36.2 Å². The van der Waals surface area contributed by atoms with Crippen LogP contribution in [0.5, 0.6) is 5.75 Å². The molecule has 1 saturated heterocycles. The number of rotatable bonds is 8. The Hall–Kier alpha value is -3.51. The lowest BCUT2D eigenvalue weighted by Gasteiger charge is -2.34. The molecule has 1 aliphatic rings. The zero-order chi connectivity index (χ0) is 27.3. The van der Waals surface area contributed by atoms with Crippen LogP contribution < -0.4 is 10.1 Å². The Morgan fingerprint density at radius 1 is 1.18 bits per heavy atom. The number of carbonyl (C=O) groups excluding carboxylic acids is 1. The second kappa shape index (κ2) is 11.5.